The van der Waals surface area contributed by atoms with Crippen LogP contribution in [0.4, 0.5) is 0 Å². The van der Waals surface area contributed by atoms with Crippen LogP contribution in [0.2, 0.25) is 0 Å². The second-order valence-corrected chi connectivity index (χ2v) is 2.20. The summed E-state index contributed by atoms with van der Waals surface area (Å²) in [6, 6.07) is 10.6. The van der Waals surface area contributed by atoms with Crippen molar-refractivity contribution in [3.8, 4) is 11.3 Å². The maximum Gasteiger partial charge on any atom is 0.123 e. The van der Waals surface area contributed by atoms with Crippen LogP contribution in [0, 0.1) is 12.3 Å². The van der Waals surface area contributed by atoms with Crippen LogP contribution in [0.15, 0.2) is 30.6 Å². The third kappa shape index (κ3) is 2.64. The van der Waals surface area contributed by atoms with Crippen LogP contribution >= 0.6 is 0 Å². The number of nitrogens with zero attached hydrogens (tertiary/aromatic N) is 3. The number of hydrogen-bond acceptors (Lipinski definition) is 3. The molecule has 0 saturated carbocycles. The van der Waals surface area contributed by atoms with Crippen molar-refractivity contribution in [2.75, 3.05) is 0 Å². The topological polar surface area (TPSA) is 38.7 Å². The van der Waals surface area contributed by atoms with Gasteiger partial charge in [-0.25, -0.2) is 12.1 Å². The van der Waals surface area contributed by atoms with Crippen molar-refractivity contribution < 1.29 is 32.7 Å². The maximum absolute atomic E-state index is 3.99. The predicted octanol–water partition coefficient (Wildman–Crippen LogP) is 1.14. The van der Waals surface area contributed by atoms with Crippen LogP contribution in [0.5, 0.6) is 0 Å². The first-order chi connectivity index (χ1) is 5.97. The standard InChI is InChI=1S/C9H5N3.Y/c1-2-4-8(5-3-1)9-6-11-12-7-10-9;/h1-4,7H;/q-2;. The molecule has 1 radical (unpaired) electrons. The number of benzene rings is 1. The molecule has 0 aliphatic heterocycles. The van der Waals surface area contributed by atoms with Gasteiger partial charge in [0.2, 0.25) is 0 Å². The minimum atomic E-state index is 0. The van der Waals surface area contributed by atoms with Gasteiger partial charge in [0.25, 0.3) is 0 Å². The maximum atomic E-state index is 3.99. The molecule has 0 spiro atoms. The minimum Gasteiger partial charge on any atom is -0.322 e. The van der Waals surface area contributed by atoms with Gasteiger partial charge < -0.3 is 4.98 Å². The fourth-order valence-electron chi connectivity index (χ4n) is 0.885. The van der Waals surface area contributed by atoms with E-state index >= 15 is 0 Å². The molecule has 0 unspecified atom stereocenters. The van der Waals surface area contributed by atoms with Crippen molar-refractivity contribution in [1.82, 2.24) is 15.2 Å². The van der Waals surface area contributed by atoms with E-state index in [-0.39, 0.29) is 32.7 Å². The van der Waals surface area contributed by atoms with Gasteiger partial charge in [-0.1, -0.05) is 0 Å². The smallest absolute Gasteiger partial charge is 0.123 e. The zero-order valence-electron chi connectivity index (χ0n) is 6.81. The Labute approximate surface area is 101 Å². The molecule has 2 aromatic rings. The van der Waals surface area contributed by atoms with Crippen molar-refractivity contribution >= 4 is 0 Å². The van der Waals surface area contributed by atoms with E-state index in [2.05, 4.69) is 27.4 Å². The molecule has 0 N–H and O–H groups in total. The molecule has 0 fully saturated rings. The van der Waals surface area contributed by atoms with E-state index < -0.39 is 0 Å². The summed E-state index contributed by atoms with van der Waals surface area (Å²) in [7, 11) is 0. The molecule has 0 aliphatic carbocycles. The second kappa shape index (κ2) is 5.15. The molecule has 2 rings (SSSR count). The number of aromatic nitrogens is 3. The van der Waals surface area contributed by atoms with E-state index in [1.807, 2.05) is 24.3 Å². The Bertz CT molecular complexity index is 312. The van der Waals surface area contributed by atoms with Gasteiger partial charge in [-0.05, 0) is 0 Å². The summed E-state index contributed by atoms with van der Waals surface area (Å²) in [6.45, 7) is 0. The van der Waals surface area contributed by atoms with E-state index in [0.717, 1.165) is 5.56 Å². The number of rotatable bonds is 1. The van der Waals surface area contributed by atoms with Crippen molar-refractivity contribution in [2.24, 2.45) is 0 Å². The zero-order valence-corrected chi connectivity index (χ0v) is 9.64. The Hall–Kier alpha value is -0.666. The van der Waals surface area contributed by atoms with Gasteiger partial charge in [0.15, 0.2) is 0 Å². The average molecular weight is 244 g/mol. The van der Waals surface area contributed by atoms with Crippen LogP contribution in [0.3, 0.4) is 0 Å². The van der Waals surface area contributed by atoms with E-state index in [9.17, 15) is 0 Å². The summed E-state index contributed by atoms with van der Waals surface area (Å²) >= 11 is 0. The zero-order chi connectivity index (χ0) is 8.23. The molecule has 61 valence electrons. The second-order valence-electron chi connectivity index (χ2n) is 2.20. The summed E-state index contributed by atoms with van der Waals surface area (Å²) in [5.74, 6) is 0. The van der Waals surface area contributed by atoms with Crippen molar-refractivity contribution in [2.45, 2.75) is 0 Å². The van der Waals surface area contributed by atoms with E-state index in [1.165, 1.54) is 6.33 Å². The van der Waals surface area contributed by atoms with Crippen LogP contribution in [-0.4, -0.2) is 15.2 Å². The third-order valence-corrected chi connectivity index (χ3v) is 1.42. The van der Waals surface area contributed by atoms with Gasteiger partial charge in [-0.3, -0.25) is 10.7 Å². The Balaban J connectivity index is 0.000000845. The van der Waals surface area contributed by atoms with Crippen molar-refractivity contribution in [3.63, 3.8) is 0 Å². The van der Waals surface area contributed by atoms with Crippen molar-refractivity contribution in [1.29, 1.82) is 0 Å². The van der Waals surface area contributed by atoms with Gasteiger partial charge in [-0.15, -0.1) is 12.3 Å². The molecule has 0 amide bonds. The third-order valence-electron chi connectivity index (χ3n) is 1.42. The van der Waals surface area contributed by atoms with Crippen LogP contribution in [0.1, 0.15) is 0 Å². The van der Waals surface area contributed by atoms with Gasteiger partial charge in [0.05, 0.1) is 0 Å². The summed E-state index contributed by atoms with van der Waals surface area (Å²) < 4.78 is 0. The Morgan fingerprint density at radius 3 is 2.77 bits per heavy atom. The predicted molar refractivity (Wildman–Crippen MR) is 42.9 cm³/mol. The minimum absolute atomic E-state index is 0. The summed E-state index contributed by atoms with van der Waals surface area (Å²) in [5, 5.41) is 7.14. The monoisotopic (exact) mass is 244 g/mol. The molecule has 0 saturated heterocycles. The molecule has 3 nitrogen and oxygen atoms in total. The van der Waals surface area contributed by atoms with Gasteiger partial charge in [0.1, 0.15) is 6.33 Å². The van der Waals surface area contributed by atoms with Crippen LogP contribution < -0.4 is 0 Å². The molecule has 0 atom stereocenters. The summed E-state index contributed by atoms with van der Waals surface area (Å²) in [4.78, 5) is 3.99. The summed E-state index contributed by atoms with van der Waals surface area (Å²) in [6.07, 6.45) is 4.08. The summed E-state index contributed by atoms with van der Waals surface area (Å²) in [5.41, 5.74) is 1.55. The van der Waals surface area contributed by atoms with Crippen LogP contribution in [-0.2, 0) is 32.7 Å². The van der Waals surface area contributed by atoms with E-state index in [1.54, 1.807) is 0 Å². The fraction of sp³-hybridized carbons (Fsp3) is 0. The van der Waals surface area contributed by atoms with E-state index in [0.29, 0.717) is 5.69 Å². The average Bonchev–Trinajstić information content (AvgIpc) is 2.21. The molecular weight excluding hydrogens is 239 g/mol. The van der Waals surface area contributed by atoms with Gasteiger partial charge >= 0.3 is 0 Å². The fourth-order valence-corrected chi connectivity index (χ4v) is 0.885. The first kappa shape index (κ1) is 10.4. The van der Waals surface area contributed by atoms with Crippen molar-refractivity contribution in [3.05, 3.63) is 42.9 Å². The van der Waals surface area contributed by atoms with Crippen LogP contribution in [0.25, 0.3) is 11.3 Å². The SMILES string of the molecule is [Y].[c-]1ccccc1-c1[c-]nncn1. The molecule has 1 aromatic carbocycles. The van der Waals surface area contributed by atoms with Gasteiger partial charge in [0, 0.05) is 32.7 Å². The molecule has 13 heavy (non-hydrogen) atoms. The van der Waals surface area contributed by atoms with Gasteiger partial charge in [-0.2, -0.15) is 22.9 Å². The Morgan fingerprint density at radius 2 is 2.15 bits per heavy atom. The Kier molecular flexibility index (Phi) is 4.12. The Morgan fingerprint density at radius 1 is 1.23 bits per heavy atom. The van der Waals surface area contributed by atoms with E-state index in [4.69, 9.17) is 0 Å². The molecule has 4 heteroatoms. The number of hydrogen-bond donors (Lipinski definition) is 0. The molecule has 1 heterocycles. The molecule has 0 aliphatic rings. The quantitative estimate of drug-likeness (QED) is 0.706. The first-order valence-electron chi connectivity index (χ1n) is 3.49. The molecular formula is C9H5N3Y-2. The normalized spacial score (nSPS) is 8.92. The molecule has 0 bridgehead atoms. The first-order valence-corrected chi connectivity index (χ1v) is 3.49. The molecule has 1 aromatic heterocycles. The largest absolute Gasteiger partial charge is 0.322 e.